The van der Waals surface area contributed by atoms with Gasteiger partial charge in [0.15, 0.2) is 0 Å². The number of rotatable bonds is 62. The molecular formula is C69H132N2O6P+. The van der Waals surface area contributed by atoms with Crippen molar-refractivity contribution in [3.8, 4) is 0 Å². The van der Waals surface area contributed by atoms with Crippen LogP contribution in [0.1, 0.15) is 322 Å². The van der Waals surface area contributed by atoms with Gasteiger partial charge in [-0.1, -0.05) is 319 Å². The number of quaternary nitrogens is 1. The molecule has 0 spiro atoms. The fourth-order valence-corrected chi connectivity index (χ4v) is 10.8. The summed E-state index contributed by atoms with van der Waals surface area (Å²) < 4.78 is 23.7. The van der Waals surface area contributed by atoms with Crippen molar-refractivity contribution in [2.75, 3.05) is 40.9 Å². The van der Waals surface area contributed by atoms with Crippen LogP contribution in [0.2, 0.25) is 0 Å². The summed E-state index contributed by atoms with van der Waals surface area (Å²) in [6, 6.07) is -0.845. The molecule has 0 saturated carbocycles. The van der Waals surface area contributed by atoms with E-state index in [1.165, 1.54) is 238 Å². The average molecular weight is 1120 g/mol. The third-order valence-electron chi connectivity index (χ3n) is 15.2. The number of allylic oxidation sites excluding steroid dienone is 9. The van der Waals surface area contributed by atoms with Gasteiger partial charge < -0.3 is 19.8 Å². The Bertz CT molecular complexity index is 1450. The SMILES string of the molecule is CC/C=C\C/C=C\C/C=C\C/C=C\CCCCCCCCCCCCCCCCCCCCCCCCCCCCCCC(=O)NC(COP(=O)(O)OCC[N+](C)(C)C)C(O)/C=C/CCCCCCCCCCCCCCC. The molecule has 0 aliphatic carbocycles. The van der Waals surface area contributed by atoms with E-state index in [4.69, 9.17) is 9.05 Å². The van der Waals surface area contributed by atoms with Gasteiger partial charge in [0.1, 0.15) is 13.2 Å². The molecule has 0 bridgehead atoms. The third-order valence-corrected chi connectivity index (χ3v) is 16.2. The number of aliphatic hydroxyl groups is 1. The van der Waals surface area contributed by atoms with Gasteiger partial charge in [-0.25, -0.2) is 4.57 Å². The van der Waals surface area contributed by atoms with Crippen LogP contribution in [-0.2, 0) is 18.4 Å². The predicted octanol–water partition coefficient (Wildman–Crippen LogP) is 21.2. The summed E-state index contributed by atoms with van der Waals surface area (Å²) >= 11 is 0. The topological polar surface area (TPSA) is 105 Å². The van der Waals surface area contributed by atoms with E-state index in [1.54, 1.807) is 6.08 Å². The number of carbonyl (C=O) groups excluding carboxylic acids is 1. The van der Waals surface area contributed by atoms with Crippen molar-refractivity contribution in [2.24, 2.45) is 0 Å². The number of amides is 1. The van der Waals surface area contributed by atoms with Gasteiger partial charge in [0.25, 0.3) is 0 Å². The number of hydrogen-bond acceptors (Lipinski definition) is 5. The molecule has 0 aromatic carbocycles. The number of hydrogen-bond donors (Lipinski definition) is 3. The molecule has 78 heavy (non-hydrogen) atoms. The van der Waals surface area contributed by atoms with Crippen LogP contribution in [0, 0.1) is 0 Å². The van der Waals surface area contributed by atoms with Gasteiger partial charge in [-0.05, 0) is 57.8 Å². The van der Waals surface area contributed by atoms with E-state index in [1.807, 2.05) is 27.2 Å². The smallest absolute Gasteiger partial charge is 0.387 e. The van der Waals surface area contributed by atoms with Crippen LogP contribution >= 0.6 is 7.82 Å². The molecule has 3 unspecified atom stereocenters. The van der Waals surface area contributed by atoms with E-state index in [0.717, 1.165) is 64.2 Å². The first-order valence-electron chi connectivity index (χ1n) is 33.7. The largest absolute Gasteiger partial charge is 0.472 e. The maximum atomic E-state index is 13.0. The minimum Gasteiger partial charge on any atom is -0.387 e. The predicted molar refractivity (Wildman–Crippen MR) is 341 cm³/mol. The Kier molecular flexibility index (Phi) is 58.4. The van der Waals surface area contributed by atoms with Crippen LogP contribution in [0.5, 0.6) is 0 Å². The summed E-state index contributed by atoms with van der Waals surface area (Å²) in [5.74, 6) is -0.171. The lowest BCUT2D eigenvalue weighted by atomic mass is 10.0. The molecule has 0 aromatic heterocycles. The fourth-order valence-electron chi connectivity index (χ4n) is 10.0. The Balaban J connectivity index is 3.86. The van der Waals surface area contributed by atoms with Crippen LogP contribution in [0.4, 0.5) is 0 Å². The number of likely N-dealkylation sites (N-methyl/N-ethyl adjacent to an activating group) is 1. The first-order valence-corrected chi connectivity index (χ1v) is 35.2. The molecule has 1 amide bonds. The quantitative estimate of drug-likeness (QED) is 0.0243. The van der Waals surface area contributed by atoms with Crippen LogP contribution < -0.4 is 5.32 Å². The summed E-state index contributed by atoms with van der Waals surface area (Å²) in [6.07, 6.45) is 82.3. The van der Waals surface area contributed by atoms with E-state index in [-0.39, 0.29) is 19.1 Å². The lowest BCUT2D eigenvalue weighted by molar-refractivity contribution is -0.870. The highest BCUT2D eigenvalue weighted by Crippen LogP contribution is 2.43. The van der Waals surface area contributed by atoms with Crippen LogP contribution in [0.3, 0.4) is 0 Å². The molecule has 0 aliphatic heterocycles. The van der Waals surface area contributed by atoms with Gasteiger partial charge in [0.05, 0.1) is 39.9 Å². The van der Waals surface area contributed by atoms with Crippen molar-refractivity contribution in [2.45, 2.75) is 334 Å². The summed E-state index contributed by atoms with van der Waals surface area (Å²) in [7, 11) is 1.58. The highest BCUT2D eigenvalue weighted by Gasteiger charge is 2.28. The molecule has 0 aliphatic rings. The fraction of sp³-hybridized carbons (Fsp3) is 0.841. The zero-order valence-electron chi connectivity index (χ0n) is 52.4. The molecule has 3 atom stereocenters. The Labute approximate surface area is 485 Å². The molecule has 0 fully saturated rings. The van der Waals surface area contributed by atoms with Crippen molar-refractivity contribution >= 4 is 13.7 Å². The maximum Gasteiger partial charge on any atom is 0.472 e. The Morgan fingerprint density at radius 3 is 1.13 bits per heavy atom. The average Bonchev–Trinajstić information content (AvgIpc) is 3.41. The molecule has 3 N–H and O–H groups in total. The first-order chi connectivity index (χ1) is 38.0. The van der Waals surface area contributed by atoms with E-state index in [2.05, 4.69) is 67.8 Å². The molecule has 0 saturated heterocycles. The molecule has 0 heterocycles. The zero-order valence-corrected chi connectivity index (χ0v) is 53.3. The van der Waals surface area contributed by atoms with Gasteiger partial charge >= 0.3 is 7.82 Å². The number of carbonyl (C=O) groups is 1. The molecule has 0 radical (unpaired) electrons. The number of nitrogens with one attached hydrogen (secondary N) is 1. The van der Waals surface area contributed by atoms with Gasteiger partial charge in [-0.3, -0.25) is 13.8 Å². The van der Waals surface area contributed by atoms with E-state index < -0.39 is 20.0 Å². The van der Waals surface area contributed by atoms with E-state index >= 15 is 0 Å². The van der Waals surface area contributed by atoms with Crippen molar-refractivity contribution in [3.63, 3.8) is 0 Å². The summed E-state index contributed by atoms with van der Waals surface area (Å²) in [4.78, 5) is 23.3. The zero-order chi connectivity index (χ0) is 57.0. The van der Waals surface area contributed by atoms with E-state index in [9.17, 15) is 19.4 Å². The van der Waals surface area contributed by atoms with Gasteiger partial charge in [-0.2, -0.15) is 0 Å². The Morgan fingerprint density at radius 2 is 0.769 bits per heavy atom. The van der Waals surface area contributed by atoms with Crippen molar-refractivity contribution < 1.29 is 32.9 Å². The molecule has 0 rings (SSSR count). The van der Waals surface area contributed by atoms with Crippen LogP contribution in [0.15, 0.2) is 60.8 Å². The van der Waals surface area contributed by atoms with Crippen molar-refractivity contribution in [1.82, 2.24) is 5.32 Å². The Morgan fingerprint density at radius 1 is 0.449 bits per heavy atom. The molecule has 0 aromatic rings. The normalized spacial score (nSPS) is 14.1. The maximum absolute atomic E-state index is 13.0. The first kappa shape index (κ1) is 76.2. The Hall–Kier alpha value is -1.80. The van der Waals surface area contributed by atoms with Crippen molar-refractivity contribution in [3.05, 3.63) is 60.8 Å². The molecule has 9 heteroatoms. The highest BCUT2D eigenvalue weighted by atomic mass is 31.2. The number of phosphoric acid groups is 1. The lowest BCUT2D eigenvalue weighted by Crippen LogP contribution is -2.45. The summed E-state index contributed by atoms with van der Waals surface area (Å²) in [5.41, 5.74) is 0. The van der Waals surface area contributed by atoms with Crippen molar-refractivity contribution in [1.29, 1.82) is 0 Å². The van der Waals surface area contributed by atoms with Gasteiger partial charge in [-0.15, -0.1) is 0 Å². The number of phosphoric ester groups is 1. The van der Waals surface area contributed by atoms with Gasteiger partial charge in [0.2, 0.25) is 5.91 Å². The summed E-state index contributed by atoms with van der Waals surface area (Å²) in [5, 5.41) is 13.9. The minimum atomic E-state index is -4.35. The lowest BCUT2D eigenvalue weighted by Gasteiger charge is -2.25. The second-order valence-corrected chi connectivity index (χ2v) is 25.6. The highest BCUT2D eigenvalue weighted by molar-refractivity contribution is 7.47. The van der Waals surface area contributed by atoms with Crippen LogP contribution in [-0.4, -0.2) is 73.4 Å². The second kappa shape index (κ2) is 59.8. The standard InChI is InChI=1S/C69H131N2O6P/c1-6-8-10-12-14-16-18-20-22-23-24-25-26-27-28-29-30-31-32-33-34-35-36-37-38-39-40-41-42-43-44-45-46-47-49-51-53-55-57-59-61-63-69(73)70-67(66-77-78(74,75)76-65-64-71(3,4)5)68(72)62-60-58-56-54-52-50-48-21-19-17-15-13-11-9-7-2/h8,10,14,16,20,22,24-25,60,62,67-68,72H,6-7,9,11-13,15,17-19,21,23,26-59,61,63-66H2,1-5H3,(H-,70,73,74,75)/p+1/b10-8-,16-14-,22-20-,25-24-,62-60+. The summed E-state index contributed by atoms with van der Waals surface area (Å²) in [6.45, 7) is 4.73. The number of nitrogens with zero attached hydrogens (tertiary/aromatic N) is 1. The minimum absolute atomic E-state index is 0.0631. The number of unbranched alkanes of at least 4 members (excludes halogenated alkanes) is 41. The van der Waals surface area contributed by atoms with Crippen LogP contribution in [0.25, 0.3) is 0 Å². The third kappa shape index (κ3) is 61.8. The number of aliphatic hydroxyl groups excluding tert-OH is 1. The van der Waals surface area contributed by atoms with E-state index in [0.29, 0.717) is 17.4 Å². The molecular weight excluding hydrogens is 984 g/mol. The molecule has 8 nitrogen and oxygen atoms in total. The molecule has 458 valence electrons. The monoisotopic (exact) mass is 1120 g/mol. The van der Waals surface area contributed by atoms with Gasteiger partial charge in [0, 0.05) is 6.42 Å². The second-order valence-electron chi connectivity index (χ2n) is 24.2.